The number of nitrogen functional groups attached to an aromatic ring is 1. The fourth-order valence-corrected chi connectivity index (χ4v) is 3.64. The lowest BCUT2D eigenvalue weighted by Gasteiger charge is -2.23. The minimum Gasteiger partial charge on any atom is -0.368 e. The maximum Gasteiger partial charge on any atom is 0.350 e. The molecule has 3 rings (SSSR count). The lowest BCUT2D eigenvalue weighted by Crippen LogP contribution is -2.23. The van der Waals surface area contributed by atoms with Crippen LogP contribution in [0.15, 0.2) is 6.33 Å². The van der Waals surface area contributed by atoms with Crippen LogP contribution in [0.4, 0.5) is 11.8 Å². The quantitative estimate of drug-likeness (QED) is 0.523. The van der Waals surface area contributed by atoms with Crippen molar-refractivity contribution in [2.24, 2.45) is 0 Å². The summed E-state index contributed by atoms with van der Waals surface area (Å²) >= 11 is 0. The SMILES string of the molecule is CC(Cn1cnc2c(NC3CCCCC3)nc(N)nc21)OCP(=O)(O)O. The van der Waals surface area contributed by atoms with Crippen molar-refractivity contribution in [1.29, 1.82) is 0 Å². The first-order chi connectivity index (χ1) is 12.3. The molecule has 0 aliphatic heterocycles. The number of rotatable bonds is 7. The molecule has 1 atom stereocenters. The van der Waals surface area contributed by atoms with Gasteiger partial charge in [-0.1, -0.05) is 19.3 Å². The predicted octanol–water partition coefficient (Wildman–Crippen LogP) is 1.69. The van der Waals surface area contributed by atoms with Crippen molar-refractivity contribution in [3.05, 3.63) is 6.33 Å². The molecule has 11 heteroatoms. The number of fused-ring (bicyclic) bond motifs is 1. The molecular formula is C15H25N6O4P. The molecule has 0 amide bonds. The van der Waals surface area contributed by atoms with E-state index in [1.807, 2.05) is 0 Å². The molecule has 1 saturated carbocycles. The molecule has 0 saturated heterocycles. The van der Waals surface area contributed by atoms with Crippen molar-refractivity contribution in [3.63, 3.8) is 0 Å². The Labute approximate surface area is 151 Å². The predicted molar refractivity (Wildman–Crippen MR) is 97.7 cm³/mol. The van der Waals surface area contributed by atoms with Crippen LogP contribution in [0.1, 0.15) is 39.0 Å². The Kier molecular flexibility index (Phi) is 5.76. The third kappa shape index (κ3) is 4.91. The van der Waals surface area contributed by atoms with Crippen LogP contribution in [0.25, 0.3) is 11.2 Å². The smallest absolute Gasteiger partial charge is 0.350 e. The summed E-state index contributed by atoms with van der Waals surface area (Å²) < 4.78 is 17.9. The van der Waals surface area contributed by atoms with E-state index in [9.17, 15) is 4.57 Å². The summed E-state index contributed by atoms with van der Waals surface area (Å²) in [5, 5.41) is 3.44. The molecular weight excluding hydrogens is 359 g/mol. The molecule has 2 aromatic heterocycles. The standard InChI is InChI=1S/C15H25N6O4P/c1-10(25-9-26(22,23)24)7-21-8-17-12-13(19-15(16)20-14(12)21)18-11-5-3-2-4-6-11/h8,10-11H,2-7,9H2,1H3,(H2,22,23,24)(H3,16,18,19,20). The molecule has 2 heterocycles. The molecule has 1 aliphatic rings. The highest BCUT2D eigenvalue weighted by Gasteiger charge is 2.20. The van der Waals surface area contributed by atoms with Gasteiger partial charge in [0, 0.05) is 6.04 Å². The number of hydrogen-bond donors (Lipinski definition) is 4. The van der Waals surface area contributed by atoms with E-state index in [2.05, 4.69) is 20.3 Å². The van der Waals surface area contributed by atoms with Crippen LogP contribution >= 0.6 is 7.60 Å². The second-order valence-corrected chi connectivity index (χ2v) is 8.34. The Balaban J connectivity index is 1.77. The zero-order valence-electron chi connectivity index (χ0n) is 14.7. The molecule has 1 unspecified atom stereocenters. The van der Waals surface area contributed by atoms with Crippen molar-refractivity contribution in [3.8, 4) is 0 Å². The van der Waals surface area contributed by atoms with Gasteiger partial charge in [0.05, 0.1) is 19.0 Å². The number of nitrogens with zero attached hydrogens (tertiary/aromatic N) is 4. The monoisotopic (exact) mass is 384 g/mol. The van der Waals surface area contributed by atoms with Crippen LogP contribution in [0.5, 0.6) is 0 Å². The fourth-order valence-electron chi connectivity index (χ4n) is 3.19. The molecule has 26 heavy (non-hydrogen) atoms. The average molecular weight is 384 g/mol. The van der Waals surface area contributed by atoms with Crippen molar-refractivity contribution in [2.45, 2.75) is 57.7 Å². The molecule has 10 nitrogen and oxygen atoms in total. The molecule has 1 aliphatic carbocycles. The topological polar surface area (TPSA) is 148 Å². The van der Waals surface area contributed by atoms with E-state index < -0.39 is 20.0 Å². The number of aromatic nitrogens is 4. The van der Waals surface area contributed by atoms with E-state index in [1.165, 1.54) is 19.3 Å². The van der Waals surface area contributed by atoms with E-state index in [1.54, 1.807) is 17.8 Å². The van der Waals surface area contributed by atoms with Crippen molar-refractivity contribution in [2.75, 3.05) is 17.4 Å². The second-order valence-electron chi connectivity index (χ2n) is 6.75. The minimum atomic E-state index is -4.20. The van der Waals surface area contributed by atoms with Crippen LogP contribution in [0.3, 0.4) is 0 Å². The highest BCUT2D eigenvalue weighted by Crippen LogP contribution is 2.34. The van der Waals surface area contributed by atoms with Crippen molar-refractivity contribution in [1.82, 2.24) is 19.5 Å². The molecule has 0 bridgehead atoms. The maximum atomic E-state index is 10.9. The van der Waals surface area contributed by atoms with Gasteiger partial charge in [-0.05, 0) is 19.8 Å². The third-order valence-corrected chi connectivity index (χ3v) is 4.89. The first-order valence-corrected chi connectivity index (χ1v) is 10.5. The maximum absolute atomic E-state index is 10.9. The normalized spacial score (nSPS) is 17.5. The van der Waals surface area contributed by atoms with E-state index in [0.717, 1.165) is 12.8 Å². The van der Waals surface area contributed by atoms with E-state index >= 15 is 0 Å². The highest BCUT2D eigenvalue weighted by molar-refractivity contribution is 7.51. The molecule has 1 fully saturated rings. The zero-order chi connectivity index (χ0) is 18.7. The first-order valence-electron chi connectivity index (χ1n) is 8.73. The number of nitrogens with one attached hydrogen (secondary N) is 1. The Hall–Kier alpha value is -1.74. The first kappa shape index (κ1) is 19.0. The zero-order valence-corrected chi connectivity index (χ0v) is 15.6. The second kappa shape index (κ2) is 7.87. The van der Waals surface area contributed by atoms with Gasteiger partial charge in [0.15, 0.2) is 17.0 Å². The van der Waals surface area contributed by atoms with Crippen molar-refractivity contribution < 1.29 is 19.1 Å². The molecule has 0 radical (unpaired) electrons. The van der Waals surface area contributed by atoms with E-state index in [0.29, 0.717) is 29.6 Å². The van der Waals surface area contributed by atoms with Gasteiger partial charge in [-0.25, -0.2) is 4.98 Å². The lowest BCUT2D eigenvalue weighted by molar-refractivity contribution is 0.0764. The summed E-state index contributed by atoms with van der Waals surface area (Å²) in [6.07, 6.45) is 6.42. The highest BCUT2D eigenvalue weighted by atomic mass is 31.2. The van der Waals surface area contributed by atoms with Gasteiger partial charge in [-0.3, -0.25) is 4.57 Å². The molecule has 0 aromatic carbocycles. The molecule has 5 N–H and O–H groups in total. The number of anilines is 2. The number of ether oxygens (including phenoxy) is 1. The van der Waals surface area contributed by atoms with Crippen molar-refractivity contribution >= 4 is 30.5 Å². The van der Waals surface area contributed by atoms with Gasteiger partial charge < -0.3 is 30.1 Å². The van der Waals surface area contributed by atoms with Crippen LogP contribution in [0, 0.1) is 0 Å². The molecule has 2 aromatic rings. The molecule has 0 spiro atoms. The van der Waals surface area contributed by atoms with Crippen LogP contribution in [-0.4, -0.2) is 47.8 Å². The Morgan fingerprint density at radius 2 is 2.12 bits per heavy atom. The number of imidazole rings is 1. The summed E-state index contributed by atoms with van der Waals surface area (Å²) in [6, 6.07) is 0.358. The largest absolute Gasteiger partial charge is 0.368 e. The Morgan fingerprint density at radius 1 is 1.38 bits per heavy atom. The summed E-state index contributed by atoms with van der Waals surface area (Å²) in [4.78, 5) is 30.8. The fraction of sp³-hybridized carbons (Fsp3) is 0.667. The minimum absolute atomic E-state index is 0.154. The summed E-state index contributed by atoms with van der Waals surface area (Å²) in [7, 11) is -4.20. The number of hydrogen-bond acceptors (Lipinski definition) is 7. The summed E-state index contributed by atoms with van der Waals surface area (Å²) in [6.45, 7) is 2.07. The van der Waals surface area contributed by atoms with Gasteiger partial charge in [0.25, 0.3) is 0 Å². The Bertz CT molecular complexity index is 801. The van der Waals surface area contributed by atoms with Gasteiger partial charge in [0.1, 0.15) is 6.35 Å². The summed E-state index contributed by atoms with van der Waals surface area (Å²) in [5.41, 5.74) is 7.07. The van der Waals surface area contributed by atoms with Crippen LogP contribution < -0.4 is 11.1 Å². The van der Waals surface area contributed by atoms with Gasteiger partial charge in [-0.15, -0.1) is 0 Å². The van der Waals surface area contributed by atoms with Gasteiger partial charge >= 0.3 is 7.60 Å². The average Bonchev–Trinajstić information content (AvgIpc) is 2.96. The number of nitrogens with two attached hydrogens (primary N) is 1. The summed E-state index contributed by atoms with van der Waals surface area (Å²) in [5.74, 6) is 0.781. The lowest BCUT2D eigenvalue weighted by atomic mass is 9.95. The Morgan fingerprint density at radius 3 is 2.81 bits per heavy atom. The van der Waals surface area contributed by atoms with Crippen LogP contribution in [0.2, 0.25) is 0 Å². The van der Waals surface area contributed by atoms with Gasteiger partial charge in [0.2, 0.25) is 5.95 Å². The van der Waals surface area contributed by atoms with Gasteiger partial charge in [-0.2, -0.15) is 9.97 Å². The molecule has 144 valence electrons. The third-order valence-electron chi connectivity index (χ3n) is 4.41. The van der Waals surface area contributed by atoms with E-state index in [4.69, 9.17) is 20.3 Å². The van der Waals surface area contributed by atoms with E-state index in [-0.39, 0.29) is 5.95 Å². The van der Waals surface area contributed by atoms with Crippen LogP contribution in [-0.2, 0) is 15.8 Å².